The number of ketones is 1. The van der Waals surface area contributed by atoms with Gasteiger partial charge in [-0.2, -0.15) is 5.01 Å². The molecule has 0 radical (unpaired) electrons. The Kier molecular flexibility index (Phi) is 7.82. The standard InChI is InChI=1S/C26H16Cl8N2O5/c1-10(18(37)11-3-6-13(41-2)7-4-11)35(21(38)12-5-8-14(27)15(28)9-12)36-22(39)16-17(23(36)40)25(32)20(30)19(29)24(16,31)26(25,33)34/h3-10,16-17H,1-2H3/t10-,16+,17+,24+,25+/m0/s1. The lowest BCUT2D eigenvalue weighted by Crippen LogP contribution is -2.59. The number of rotatable bonds is 6. The maximum absolute atomic E-state index is 14.1. The van der Waals surface area contributed by atoms with E-state index in [0.717, 1.165) is 5.01 Å². The van der Waals surface area contributed by atoms with Gasteiger partial charge in [-0.05, 0) is 49.4 Å². The van der Waals surface area contributed by atoms with Crippen molar-refractivity contribution in [1.29, 1.82) is 0 Å². The number of carbonyl (C=O) groups is 4. The van der Waals surface area contributed by atoms with Crippen molar-refractivity contribution in [3.05, 3.63) is 73.7 Å². The average Bonchev–Trinajstić information content (AvgIpc) is 3.33. The maximum Gasteiger partial charge on any atom is 0.273 e. The van der Waals surface area contributed by atoms with E-state index in [0.29, 0.717) is 10.8 Å². The summed E-state index contributed by atoms with van der Waals surface area (Å²) >= 11 is 51.7. The van der Waals surface area contributed by atoms with Crippen LogP contribution in [0.4, 0.5) is 0 Å². The lowest BCUT2D eigenvalue weighted by Gasteiger charge is -2.38. The van der Waals surface area contributed by atoms with Gasteiger partial charge in [0.15, 0.2) is 10.1 Å². The van der Waals surface area contributed by atoms with Crippen molar-refractivity contribution < 1.29 is 23.9 Å². The second-order valence-corrected chi connectivity index (χ2v) is 13.7. The lowest BCUT2D eigenvalue weighted by molar-refractivity contribution is -0.157. The van der Waals surface area contributed by atoms with Crippen LogP contribution >= 0.6 is 92.8 Å². The number of carbonyl (C=O) groups excluding carboxylic acids is 4. The molecule has 41 heavy (non-hydrogen) atoms. The first-order valence-electron chi connectivity index (χ1n) is 11.7. The summed E-state index contributed by atoms with van der Waals surface area (Å²) in [5, 5.41) is 0.839. The number of halogens is 8. The van der Waals surface area contributed by atoms with Gasteiger partial charge in [0.1, 0.15) is 21.5 Å². The average molecular weight is 720 g/mol. The summed E-state index contributed by atoms with van der Waals surface area (Å²) in [6.07, 6.45) is 0. The third kappa shape index (κ3) is 4.00. The van der Waals surface area contributed by atoms with Gasteiger partial charge in [-0.25, -0.2) is 5.01 Å². The minimum atomic E-state index is -2.17. The molecular formula is C26H16Cl8N2O5. The van der Waals surface area contributed by atoms with Gasteiger partial charge in [-0.1, -0.05) is 69.6 Å². The molecule has 2 bridgehead atoms. The maximum atomic E-state index is 14.1. The van der Waals surface area contributed by atoms with Gasteiger partial charge in [0.05, 0.1) is 39.1 Å². The van der Waals surface area contributed by atoms with Crippen LogP contribution in [0.2, 0.25) is 10.0 Å². The van der Waals surface area contributed by atoms with Crippen LogP contribution in [0.15, 0.2) is 52.5 Å². The molecule has 0 unspecified atom stereocenters. The van der Waals surface area contributed by atoms with Gasteiger partial charge in [-0.3, -0.25) is 19.2 Å². The van der Waals surface area contributed by atoms with Crippen molar-refractivity contribution in [2.45, 2.75) is 27.0 Å². The fourth-order valence-corrected chi connectivity index (χ4v) is 8.73. The topological polar surface area (TPSA) is 84.0 Å². The van der Waals surface area contributed by atoms with E-state index in [1.54, 1.807) is 12.1 Å². The first-order valence-corrected chi connectivity index (χ1v) is 14.8. The summed E-state index contributed by atoms with van der Waals surface area (Å²) in [6.45, 7) is 1.35. The number of methoxy groups -OCH3 is 1. The van der Waals surface area contributed by atoms with Crippen molar-refractivity contribution in [2.75, 3.05) is 7.11 Å². The molecule has 3 amide bonds. The van der Waals surface area contributed by atoms with E-state index in [1.807, 2.05) is 0 Å². The molecule has 3 aliphatic rings. The molecule has 0 N–H and O–H groups in total. The summed E-state index contributed by atoms with van der Waals surface area (Å²) in [4.78, 5) is 51.6. The van der Waals surface area contributed by atoms with Gasteiger partial charge in [-0.15, -0.1) is 23.2 Å². The van der Waals surface area contributed by atoms with Crippen molar-refractivity contribution in [3.63, 3.8) is 0 Å². The highest BCUT2D eigenvalue weighted by molar-refractivity contribution is 6.66. The molecule has 0 aromatic heterocycles. The van der Waals surface area contributed by atoms with Crippen LogP contribution in [-0.4, -0.2) is 60.8 Å². The Bertz CT molecular complexity index is 1520. The van der Waals surface area contributed by atoms with E-state index in [2.05, 4.69) is 0 Å². The zero-order valence-corrected chi connectivity index (χ0v) is 26.8. The van der Waals surface area contributed by atoms with Crippen LogP contribution in [0.3, 0.4) is 0 Å². The summed E-state index contributed by atoms with van der Waals surface area (Å²) in [6, 6.07) is 8.55. The highest BCUT2D eigenvalue weighted by atomic mass is 35.5. The SMILES string of the molecule is COc1ccc(C(=O)[C@H](C)N(C(=O)c2ccc(Cl)c(Cl)c2)N2C(=O)[C@H]3[C@H](C2=O)[C@@]2(Cl)C(Cl)=C(Cl)[C@@]3(Cl)C2(Cl)Cl)cc1. The number of fused-ring (bicyclic) bond motifs is 5. The Morgan fingerprint density at radius 1 is 0.829 bits per heavy atom. The van der Waals surface area contributed by atoms with Gasteiger partial charge >= 0.3 is 0 Å². The Morgan fingerprint density at radius 3 is 1.78 bits per heavy atom. The van der Waals surface area contributed by atoms with Crippen LogP contribution in [0.25, 0.3) is 0 Å². The van der Waals surface area contributed by atoms with Gasteiger partial charge in [0, 0.05) is 11.1 Å². The predicted molar refractivity (Wildman–Crippen MR) is 159 cm³/mol. The largest absolute Gasteiger partial charge is 0.497 e. The van der Waals surface area contributed by atoms with E-state index in [1.165, 1.54) is 44.4 Å². The molecule has 2 fully saturated rings. The highest BCUT2D eigenvalue weighted by Gasteiger charge is 2.88. The van der Waals surface area contributed by atoms with Crippen LogP contribution in [0.1, 0.15) is 27.6 Å². The van der Waals surface area contributed by atoms with E-state index >= 15 is 0 Å². The number of nitrogens with zero attached hydrogens (tertiary/aromatic N) is 2. The molecule has 5 atom stereocenters. The minimum absolute atomic E-state index is 0.0249. The van der Waals surface area contributed by atoms with E-state index in [4.69, 9.17) is 97.5 Å². The fourth-order valence-electron chi connectivity index (χ4n) is 5.50. The predicted octanol–water partition coefficient (Wildman–Crippen LogP) is 7.08. The Balaban J connectivity index is 1.63. The van der Waals surface area contributed by atoms with Crippen LogP contribution in [0.5, 0.6) is 5.75 Å². The molecule has 1 heterocycles. The van der Waals surface area contributed by atoms with Crippen molar-refractivity contribution in [2.24, 2.45) is 11.8 Å². The smallest absolute Gasteiger partial charge is 0.273 e. The zero-order valence-electron chi connectivity index (χ0n) is 20.7. The normalized spacial score (nSPS) is 28.7. The third-order valence-electron chi connectivity index (χ3n) is 7.60. The second-order valence-electron chi connectivity index (χ2n) is 9.62. The molecule has 1 aliphatic heterocycles. The number of imide groups is 1. The van der Waals surface area contributed by atoms with Crippen LogP contribution in [-0.2, 0) is 9.59 Å². The number of allylic oxidation sites excluding steroid dienone is 2. The summed E-state index contributed by atoms with van der Waals surface area (Å²) in [5.41, 5.74) is 0.0920. The monoisotopic (exact) mass is 716 g/mol. The highest BCUT2D eigenvalue weighted by Crippen LogP contribution is 2.77. The molecule has 15 heteroatoms. The molecule has 216 valence electrons. The molecule has 7 nitrogen and oxygen atoms in total. The zero-order chi connectivity index (χ0) is 30.4. The number of hydrogen-bond acceptors (Lipinski definition) is 5. The van der Waals surface area contributed by atoms with Crippen LogP contribution in [0, 0.1) is 11.8 Å². The first-order chi connectivity index (χ1) is 19.1. The van der Waals surface area contributed by atoms with Gasteiger partial charge < -0.3 is 4.74 Å². The number of Topliss-reactive ketones (excluding diaryl/α,β-unsaturated/α-hetero) is 1. The summed E-state index contributed by atoms with van der Waals surface area (Å²) in [5.74, 6) is -6.11. The number of ether oxygens (including phenoxy) is 1. The first kappa shape index (κ1) is 31.0. The van der Waals surface area contributed by atoms with E-state index < -0.39 is 55.5 Å². The van der Waals surface area contributed by atoms with E-state index in [9.17, 15) is 19.2 Å². The number of hydrazine groups is 1. The fraction of sp³-hybridized carbons (Fsp3) is 0.308. The molecule has 1 saturated heterocycles. The Hall–Kier alpha value is -1.42. The number of benzene rings is 2. The lowest BCUT2D eigenvalue weighted by atomic mass is 9.84. The number of alkyl halides is 4. The van der Waals surface area contributed by atoms with Gasteiger partial charge in [0.25, 0.3) is 17.7 Å². The van der Waals surface area contributed by atoms with Gasteiger partial charge in [0.2, 0.25) is 0 Å². The number of hydrogen-bond donors (Lipinski definition) is 0. The summed E-state index contributed by atoms with van der Waals surface area (Å²) < 4.78 is 2.96. The third-order valence-corrected chi connectivity index (χ3v) is 12.6. The van der Waals surface area contributed by atoms with Crippen molar-refractivity contribution >= 4 is 116 Å². The van der Waals surface area contributed by atoms with Crippen molar-refractivity contribution in [3.8, 4) is 5.75 Å². The second kappa shape index (κ2) is 10.3. The van der Waals surface area contributed by atoms with E-state index in [-0.39, 0.29) is 31.2 Å². The Morgan fingerprint density at radius 2 is 1.32 bits per heavy atom. The molecule has 2 aromatic carbocycles. The molecule has 5 rings (SSSR count). The van der Waals surface area contributed by atoms with Crippen molar-refractivity contribution in [1.82, 2.24) is 10.0 Å². The van der Waals surface area contributed by atoms with Crippen LogP contribution < -0.4 is 4.74 Å². The summed E-state index contributed by atoms with van der Waals surface area (Å²) in [7, 11) is 1.46. The molecular weight excluding hydrogens is 704 g/mol. The molecule has 2 aromatic rings. The quantitative estimate of drug-likeness (QED) is 0.181. The molecule has 0 spiro atoms. The molecule has 1 saturated carbocycles. The number of amides is 3. The Labute approximate surface area is 274 Å². The minimum Gasteiger partial charge on any atom is -0.497 e. The molecule has 2 aliphatic carbocycles.